The number of hydrogen-bond donors (Lipinski definition) is 1. The Balaban J connectivity index is 2.57. The van der Waals surface area contributed by atoms with Gasteiger partial charge in [0.25, 0.3) is 0 Å². The molecule has 2 unspecified atom stereocenters. The summed E-state index contributed by atoms with van der Waals surface area (Å²) in [6.45, 7) is 3.39. The van der Waals surface area contributed by atoms with Crippen LogP contribution >= 0.6 is 0 Å². The van der Waals surface area contributed by atoms with Crippen molar-refractivity contribution in [3.63, 3.8) is 0 Å². The topological polar surface area (TPSA) is 54.4 Å². The molecule has 0 bridgehead atoms. The van der Waals surface area contributed by atoms with Gasteiger partial charge >= 0.3 is 0 Å². The van der Waals surface area contributed by atoms with E-state index in [-0.39, 0.29) is 5.25 Å². The number of benzene rings is 1. The first-order valence-corrected chi connectivity index (χ1v) is 6.52. The maximum atomic E-state index is 11.8. The average Bonchev–Trinajstić information content (AvgIpc) is 2.38. The molecule has 1 aliphatic heterocycles. The molecule has 2 rings (SSSR count). The molecule has 0 aromatic heterocycles. The van der Waals surface area contributed by atoms with E-state index < -0.39 is 15.9 Å². The Kier molecular flexibility index (Phi) is 2.35. The van der Waals surface area contributed by atoms with Crippen LogP contribution in [0.2, 0.25) is 0 Å². The minimum absolute atomic E-state index is 0.336. The Morgan fingerprint density at radius 1 is 1.47 bits per heavy atom. The van der Waals surface area contributed by atoms with E-state index in [1.165, 1.54) is 0 Å². The van der Waals surface area contributed by atoms with E-state index in [4.69, 9.17) is 0 Å². The number of aliphatic hydroxyl groups is 1. The Morgan fingerprint density at radius 2 is 2.13 bits per heavy atom. The van der Waals surface area contributed by atoms with E-state index in [0.717, 1.165) is 11.1 Å². The van der Waals surface area contributed by atoms with Gasteiger partial charge in [-0.05, 0) is 37.5 Å². The first-order valence-electron chi connectivity index (χ1n) is 4.97. The molecular weight excluding hydrogens is 212 g/mol. The van der Waals surface area contributed by atoms with Crippen LogP contribution in [0.5, 0.6) is 0 Å². The van der Waals surface area contributed by atoms with Crippen molar-refractivity contribution in [2.75, 3.05) is 0 Å². The van der Waals surface area contributed by atoms with Gasteiger partial charge in [-0.1, -0.05) is 12.1 Å². The summed E-state index contributed by atoms with van der Waals surface area (Å²) in [5.74, 6) is 0. The summed E-state index contributed by atoms with van der Waals surface area (Å²) >= 11 is 0. The van der Waals surface area contributed by atoms with Gasteiger partial charge in [0.1, 0.15) is 0 Å². The summed E-state index contributed by atoms with van der Waals surface area (Å²) in [6.07, 6.45) is 0.00649. The van der Waals surface area contributed by atoms with Crippen LogP contribution in [-0.2, 0) is 16.3 Å². The first-order chi connectivity index (χ1) is 6.93. The third kappa shape index (κ3) is 1.58. The third-order valence-corrected chi connectivity index (χ3v) is 5.15. The highest BCUT2D eigenvalue weighted by molar-refractivity contribution is 7.92. The first kappa shape index (κ1) is 10.6. The lowest BCUT2D eigenvalue weighted by Gasteiger charge is -2.06. The molecule has 0 radical (unpaired) electrons. The van der Waals surface area contributed by atoms with Gasteiger partial charge in [0.05, 0.1) is 16.2 Å². The van der Waals surface area contributed by atoms with Crippen LogP contribution in [0.15, 0.2) is 23.1 Å². The highest BCUT2D eigenvalue weighted by Crippen LogP contribution is 2.32. The maximum Gasteiger partial charge on any atom is 0.181 e. The SMILES string of the molecule is CC(O)c1ccc2c(c1)CC(C)S2(=O)=O. The highest BCUT2D eigenvalue weighted by atomic mass is 32.2. The van der Waals surface area contributed by atoms with Gasteiger partial charge in [-0.2, -0.15) is 0 Å². The summed E-state index contributed by atoms with van der Waals surface area (Å²) < 4.78 is 23.6. The molecule has 0 spiro atoms. The minimum Gasteiger partial charge on any atom is -0.389 e. The largest absolute Gasteiger partial charge is 0.389 e. The number of rotatable bonds is 1. The van der Waals surface area contributed by atoms with Crippen LogP contribution in [0.4, 0.5) is 0 Å². The Morgan fingerprint density at radius 3 is 2.73 bits per heavy atom. The Hall–Kier alpha value is -0.870. The van der Waals surface area contributed by atoms with Crippen molar-refractivity contribution in [2.45, 2.75) is 36.5 Å². The van der Waals surface area contributed by atoms with Crippen LogP contribution in [0.1, 0.15) is 31.1 Å². The van der Waals surface area contributed by atoms with E-state index in [1.807, 2.05) is 0 Å². The van der Waals surface area contributed by atoms with Gasteiger partial charge in [0, 0.05) is 0 Å². The average molecular weight is 226 g/mol. The van der Waals surface area contributed by atoms with E-state index in [2.05, 4.69) is 0 Å². The highest BCUT2D eigenvalue weighted by Gasteiger charge is 2.33. The molecule has 0 saturated carbocycles. The zero-order chi connectivity index (χ0) is 11.2. The van der Waals surface area contributed by atoms with Crippen molar-refractivity contribution in [1.29, 1.82) is 0 Å². The van der Waals surface area contributed by atoms with E-state index >= 15 is 0 Å². The van der Waals surface area contributed by atoms with Crippen LogP contribution < -0.4 is 0 Å². The molecule has 2 atom stereocenters. The molecule has 15 heavy (non-hydrogen) atoms. The predicted molar refractivity (Wildman–Crippen MR) is 57.4 cm³/mol. The number of aliphatic hydroxyl groups excluding tert-OH is 1. The zero-order valence-corrected chi connectivity index (χ0v) is 9.58. The van der Waals surface area contributed by atoms with Gasteiger partial charge in [-0.15, -0.1) is 0 Å². The lowest BCUT2D eigenvalue weighted by atomic mass is 10.0. The van der Waals surface area contributed by atoms with Gasteiger partial charge in [-0.25, -0.2) is 8.42 Å². The third-order valence-electron chi connectivity index (χ3n) is 2.91. The maximum absolute atomic E-state index is 11.8. The van der Waals surface area contributed by atoms with E-state index in [9.17, 15) is 13.5 Å². The summed E-state index contributed by atoms with van der Waals surface area (Å²) in [4.78, 5) is 0.430. The smallest absolute Gasteiger partial charge is 0.181 e. The fourth-order valence-corrected chi connectivity index (χ4v) is 3.53. The second-order valence-electron chi connectivity index (χ2n) is 4.10. The van der Waals surface area contributed by atoms with Crippen molar-refractivity contribution >= 4 is 9.84 Å². The lowest BCUT2D eigenvalue weighted by molar-refractivity contribution is 0.199. The van der Waals surface area contributed by atoms with E-state index in [1.54, 1.807) is 32.0 Å². The summed E-state index contributed by atoms with van der Waals surface area (Å²) in [5, 5.41) is 9.07. The fourth-order valence-electron chi connectivity index (χ4n) is 1.93. The van der Waals surface area contributed by atoms with Gasteiger partial charge < -0.3 is 5.11 Å². The standard InChI is InChI=1S/C11H14O3S/c1-7-5-10-6-9(8(2)12)3-4-11(10)15(7,13)14/h3-4,6-8,12H,5H2,1-2H3. The molecule has 4 heteroatoms. The number of sulfone groups is 1. The number of hydrogen-bond acceptors (Lipinski definition) is 3. The molecule has 1 N–H and O–H groups in total. The van der Waals surface area contributed by atoms with Crippen molar-refractivity contribution < 1.29 is 13.5 Å². The van der Waals surface area contributed by atoms with Gasteiger partial charge in [-0.3, -0.25) is 0 Å². The second kappa shape index (κ2) is 3.32. The quantitative estimate of drug-likeness (QED) is 0.788. The summed E-state index contributed by atoms with van der Waals surface area (Å²) in [7, 11) is -3.11. The molecular formula is C11H14O3S. The molecule has 3 nitrogen and oxygen atoms in total. The molecule has 0 amide bonds. The van der Waals surface area contributed by atoms with Gasteiger partial charge in [0.15, 0.2) is 9.84 Å². The van der Waals surface area contributed by atoms with Gasteiger partial charge in [0.2, 0.25) is 0 Å². The molecule has 1 aliphatic rings. The molecule has 0 aliphatic carbocycles. The zero-order valence-electron chi connectivity index (χ0n) is 8.77. The van der Waals surface area contributed by atoms with Crippen molar-refractivity contribution in [2.24, 2.45) is 0 Å². The fraction of sp³-hybridized carbons (Fsp3) is 0.455. The molecule has 1 aromatic rings. The van der Waals surface area contributed by atoms with Crippen molar-refractivity contribution in [3.05, 3.63) is 29.3 Å². The van der Waals surface area contributed by atoms with Crippen LogP contribution in [0, 0.1) is 0 Å². The molecule has 0 saturated heterocycles. The van der Waals surface area contributed by atoms with Crippen molar-refractivity contribution in [3.8, 4) is 0 Å². The Labute approximate surface area is 89.7 Å². The lowest BCUT2D eigenvalue weighted by Crippen LogP contribution is -2.11. The molecule has 0 fully saturated rings. The summed E-state index contributed by atoms with van der Waals surface area (Å²) in [6, 6.07) is 5.08. The monoisotopic (exact) mass is 226 g/mol. The molecule has 82 valence electrons. The summed E-state index contributed by atoms with van der Waals surface area (Å²) in [5.41, 5.74) is 1.61. The number of fused-ring (bicyclic) bond motifs is 1. The minimum atomic E-state index is -3.11. The molecule has 1 heterocycles. The second-order valence-corrected chi connectivity index (χ2v) is 6.44. The molecule has 1 aromatic carbocycles. The van der Waals surface area contributed by atoms with Crippen LogP contribution in [-0.4, -0.2) is 18.8 Å². The normalized spacial score (nSPS) is 24.9. The van der Waals surface area contributed by atoms with Crippen LogP contribution in [0.25, 0.3) is 0 Å². The Bertz CT molecular complexity index is 489. The predicted octanol–water partition coefficient (Wildman–Crippen LogP) is 1.46. The van der Waals surface area contributed by atoms with Crippen LogP contribution in [0.3, 0.4) is 0 Å². The van der Waals surface area contributed by atoms with E-state index in [0.29, 0.717) is 11.3 Å². The van der Waals surface area contributed by atoms with Crippen molar-refractivity contribution in [1.82, 2.24) is 0 Å².